The lowest BCUT2D eigenvalue weighted by molar-refractivity contribution is -0.111. The summed E-state index contributed by atoms with van der Waals surface area (Å²) in [6.07, 6.45) is 2.12. The highest BCUT2D eigenvalue weighted by Gasteiger charge is 2.30. The second kappa shape index (κ2) is 5.75. The molecule has 1 heteroatoms. The fourth-order valence-electron chi connectivity index (χ4n) is 1.88. The number of allylic oxidation sites excluding steroid dienone is 1. The quantitative estimate of drug-likeness (QED) is 0.390. The first-order valence-corrected chi connectivity index (χ1v) is 5.58. The van der Waals surface area contributed by atoms with Gasteiger partial charge in [0.2, 0.25) is 5.78 Å². The first-order valence-electron chi connectivity index (χ1n) is 5.58. The number of hydrogen-bond acceptors (Lipinski definition) is 1. The van der Waals surface area contributed by atoms with Gasteiger partial charge in [-0.25, -0.2) is 0 Å². The molecule has 0 bridgehead atoms. The zero-order valence-electron chi connectivity index (χ0n) is 10.6. The fraction of sp³-hybridized carbons (Fsp3) is 0.643. The third-order valence-electron chi connectivity index (χ3n) is 3.19. The Labute approximate surface area is 94.0 Å². The van der Waals surface area contributed by atoms with Crippen LogP contribution in [0.4, 0.5) is 0 Å². The van der Waals surface area contributed by atoms with Gasteiger partial charge in [0, 0.05) is 6.92 Å². The van der Waals surface area contributed by atoms with Gasteiger partial charge < -0.3 is 0 Å². The molecular weight excluding hydrogens is 184 g/mol. The van der Waals surface area contributed by atoms with Gasteiger partial charge in [-0.3, -0.25) is 4.79 Å². The van der Waals surface area contributed by atoms with Gasteiger partial charge in [-0.15, -0.1) is 0 Å². The topological polar surface area (TPSA) is 17.1 Å². The molecule has 0 N–H and O–H groups in total. The van der Waals surface area contributed by atoms with E-state index in [0.29, 0.717) is 5.92 Å². The molecule has 0 aromatic heterocycles. The highest BCUT2D eigenvalue weighted by molar-refractivity contribution is 5.93. The Morgan fingerprint density at radius 3 is 2.07 bits per heavy atom. The lowest BCUT2D eigenvalue weighted by Crippen LogP contribution is -2.26. The maximum absolute atomic E-state index is 10.9. The van der Waals surface area contributed by atoms with E-state index in [9.17, 15) is 4.79 Å². The molecule has 0 radical (unpaired) electrons. The van der Waals surface area contributed by atoms with Gasteiger partial charge in [-0.1, -0.05) is 44.8 Å². The van der Waals surface area contributed by atoms with Gasteiger partial charge in [-0.2, -0.15) is 0 Å². The summed E-state index contributed by atoms with van der Waals surface area (Å²) in [4.78, 5) is 10.9. The SMILES string of the molecule is C=C(C)C(C)(C#CC(C)=O)C(CC)CC. The van der Waals surface area contributed by atoms with E-state index in [4.69, 9.17) is 0 Å². The molecule has 0 heterocycles. The average Bonchev–Trinajstić information content (AvgIpc) is 2.16. The van der Waals surface area contributed by atoms with Crippen molar-refractivity contribution in [2.24, 2.45) is 11.3 Å². The van der Waals surface area contributed by atoms with E-state index in [-0.39, 0.29) is 11.2 Å². The lowest BCUT2D eigenvalue weighted by atomic mass is 9.70. The Balaban J connectivity index is 5.17. The molecule has 0 aliphatic heterocycles. The molecule has 0 aliphatic carbocycles. The van der Waals surface area contributed by atoms with E-state index in [0.717, 1.165) is 18.4 Å². The summed E-state index contributed by atoms with van der Waals surface area (Å²) in [6, 6.07) is 0. The van der Waals surface area contributed by atoms with E-state index in [1.807, 2.05) is 6.92 Å². The number of carbonyl (C=O) groups is 1. The van der Waals surface area contributed by atoms with Gasteiger partial charge in [0.1, 0.15) is 0 Å². The highest BCUT2D eigenvalue weighted by atomic mass is 16.1. The third-order valence-corrected chi connectivity index (χ3v) is 3.19. The standard InChI is InChI=1S/C14H22O/c1-7-13(8-2)14(6,11(3)4)10-9-12(5)15/h13H,3,7-8H2,1-2,4-6H3. The van der Waals surface area contributed by atoms with Crippen molar-refractivity contribution < 1.29 is 4.79 Å². The number of carbonyl (C=O) groups excluding carboxylic acids is 1. The van der Waals surface area contributed by atoms with Crippen LogP contribution in [0.25, 0.3) is 0 Å². The average molecular weight is 206 g/mol. The summed E-state index contributed by atoms with van der Waals surface area (Å²) in [6.45, 7) is 13.9. The molecule has 1 unspecified atom stereocenters. The minimum absolute atomic E-state index is 0.0755. The summed E-state index contributed by atoms with van der Waals surface area (Å²) in [7, 11) is 0. The molecule has 84 valence electrons. The Bertz CT molecular complexity index is 299. The van der Waals surface area contributed by atoms with Crippen LogP contribution in [0, 0.1) is 23.2 Å². The van der Waals surface area contributed by atoms with Crippen LogP contribution in [-0.2, 0) is 4.79 Å². The van der Waals surface area contributed by atoms with E-state index >= 15 is 0 Å². The summed E-state index contributed by atoms with van der Waals surface area (Å²) in [5.74, 6) is 6.16. The Morgan fingerprint density at radius 2 is 1.80 bits per heavy atom. The van der Waals surface area contributed by atoms with Crippen LogP contribution in [0.3, 0.4) is 0 Å². The van der Waals surface area contributed by atoms with Crippen molar-refractivity contribution >= 4 is 5.78 Å². The molecule has 0 amide bonds. The van der Waals surface area contributed by atoms with Crippen LogP contribution in [-0.4, -0.2) is 5.78 Å². The van der Waals surface area contributed by atoms with Gasteiger partial charge in [-0.05, 0) is 25.7 Å². The molecule has 0 saturated heterocycles. The molecule has 0 saturated carbocycles. The summed E-state index contributed by atoms with van der Waals surface area (Å²) >= 11 is 0. The first-order chi connectivity index (χ1) is 6.88. The van der Waals surface area contributed by atoms with Crippen molar-refractivity contribution in [1.29, 1.82) is 0 Å². The third kappa shape index (κ3) is 3.55. The predicted octanol–water partition coefficient (Wildman–Crippen LogP) is 3.60. The summed E-state index contributed by atoms with van der Waals surface area (Å²) in [5.41, 5.74) is 0.819. The zero-order valence-corrected chi connectivity index (χ0v) is 10.6. The molecule has 0 spiro atoms. The molecule has 15 heavy (non-hydrogen) atoms. The van der Waals surface area contributed by atoms with Gasteiger partial charge >= 0.3 is 0 Å². The number of ketones is 1. The zero-order chi connectivity index (χ0) is 12.1. The maximum Gasteiger partial charge on any atom is 0.202 e. The van der Waals surface area contributed by atoms with Crippen molar-refractivity contribution in [3.63, 3.8) is 0 Å². The normalized spacial score (nSPS) is 14.0. The van der Waals surface area contributed by atoms with Gasteiger partial charge in [0.15, 0.2) is 0 Å². The van der Waals surface area contributed by atoms with Crippen molar-refractivity contribution in [1.82, 2.24) is 0 Å². The molecule has 0 aromatic rings. The van der Waals surface area contributed by atoms with Crippen LogP contribution < -0.4 is 0 Å². The molecule has 0 rings (SSSR count). The van der Waals surface area contributed by atoms with Crippen LogP contribution in [0.2, 0.25) is 0 Å². The summed E-state index contributed by atoms with van der Waals surface area (Å²) < 4.78 is 0. The number of hydrogen-bond donors (Lipinski definition) is 0. The maximum atomic E-state index is 10.9. The van der Waals surface area contributed by atoms with Crippen LogP contribution >= 0.6 is 0 Å². The monoisotopic (exact) mass is 206 g/mol. The van der Waals surface area contributed by atoms with E-state index in [1.165, 1.54) is 6.92 Å². The largest absolute Gasteiger partial charge is 0.285 e. The van der Waals surface area contributed by atoms with E-state index < -0.39 is 0 Å². The molecule has 1 nitrogen and oxygen atoms in total. The molecule has 0 aromatic carbocycles. The van der Waals surface area contributed by atoms with E-state index in [1.54, 1.807) is 0 Å². The lowest BCUT2D eigenvalue weighted by Gasteiger charge is -2.32. The van der Waals surface area contributed by atoms with Crippen molar-refractivity contribution in [2.45, 2.75) is 47.5 Å². The Hall–Kier alpha value is -1.03. The first kappa shape index (κ1) is 14.0. The smallest absolute Gasteiger partial charge is 0.202 e. The van der Waals surface area contributed by atoms with Crippen LogP contribution in [0.15, 0.2) is 12.2 Å². The Morgan fingerprint density at radius 1 is 1.33 bits per heavy atom. The van der Waals surface area contributed by atoms with Crippen molar-refractivity contribution in [3.05, 3.63) is 12.2 Å². The molecule has 1 atom stereocenters. The summed E-state index contributed by atoms with van der Waals surface area (Å²) in [5, 5.41) is 0. The predicted molar refractivity (Wildman–Crippen MR) is 65.5 cm³/mol. The molecular formula is C14H22O. The second-order valence-corrected chi connectivity index (χ2v) is 4.30. The number of Topliss-reactive ketones (excluding diaryl/α,β-unsaturated/α-hetero) is 1. The van der Waals surface area contributed by atoms with Crippen molar-refractivity contribution in [2.75, 3.05) is 0 Å². The minimum atomic E-state index is -0.227. The van der Waals surface area contributed by atoms with Gasteiger partial charge in [0.05, 0.1) is 5.41 Å². The van der Waals surface area contributed by atoms with Crippen molar-refractivity contribution in [3.8, 4) is 11.8 Å². The minimum Gasteiger partial charge on any atom is -0.285 e. The van der Waals surface area contributed by atoms with Gasteiger partial charge in [0.25, 0.3) is 0 Å². The van der Waals surface area contributed by atoms with Crippen LogP contribution in [0.1, 0.15) is 47.5 Å². The van der Waals surface area contributed by atoms with E-state index in [2.05, 4.69) is 39.2 Å². The number of rotatable bonds is 4. The Kier molecular flexibility index (Phi) is 5.36. The fourth-order valence-corrected chi connectivity index (χ4v) is 1.88. The highest BCUT2D eigenvalue weighted by Crippen LogP contribution is 2.37. The molecule has 0 aliphatic rings. The van der Waals surface area contributed by atoms with Crippen LogP contribution in [0.5, 0.6) is 0 Å². The molecule has 0 fully saturated rings. The second-order valence-electron chi connectivity index (χ2n) is 4.30.